The maximum absolute atomic E-state index is 5.81. The van der Waals surface area contributed by atoms with Gasteiger partial charge in [0.2, 0.25) is 5.95 Å². The summed E-state index contributed by atoms with van der Waals surface area (Å²) in [7, 11) is 3.84. The van der Waals surface area contributed by atoms with Crippen molar-refractivity contribution in [2.24, 2.45) is 0 Å². The first-order chi connectivity index (χ1) is 10.1. The van der Waals surface area contributed by atoms with Crippen LogP contribution < -0.4 is 10.6 Å². The lowest BCUT2D eigenvalue weighted by Gasteiger charge is -2.12. The number of aromatic nitrogens is 4. The molecule has 3 aromatic rings. The van der Waals surface area contributed by atoms with Gasteiger partial charge in [-0.3, -0.25) is 0 Å². The van der Waals surface area contributed by atoms with Crippen molar-refractivity contribution in [2.45, 2.75) is 13.0 Å². The predicted octanol–water partition coefficient (Wildman–Crippen LogP) is 1.72. The van der Waals surface area contributed by atoms with Crippen LogP contribution in [0.2, 0.25) is 0 Å². The Kier molecular flexibility index (Phi) is 3.43. The molecule has 21 heavy (non-hydrogen) atoms. The van der Waals surface area contributed by atoms with Gasteiger partial charge in [-0.15, -0.1) is 0 Å². The summed E-state index contributed by atoms with van der Waals surface area (Å²) in [5.74, 6) is 1.02. The molecular formula is C15H18N6. The van der Waals surface area contributed by atoms with Crippen LogP contribution in [0.25, 0.3) is 11.2 Å². The van der Waals surface area contributed by atoms with Crippen molar-refractivity contribution in [1.82, 2.24) is 19.5 Å². The minimum absolute atomic E-state index is 0.271. The molecule has 0 aliphatic carbocycles. The normalized spacial score (nSPS) is 11.0. The summed E-state index contributed by atoms with van der Waals surface area (Å²) in [6.07, 6.45) is 2.72. The van der Waals surface area contributed by atoms with Crippen LogP contribution in [0.3, 0.4) is 0 Å². The van der Waals surface area contributed by atoms with Crippen LogP contribution in [0.15, 0.2) is 36.7 Å². The number of rotatable bonds is 4. The van der Waals surface area contributed by atoms with Gasteiger partial charge in [-0.2, -0.15) is 9.97 Å². The average molecular weight is 282 g/mol. The highest BCUT2D eigenvalue weighted by Crippen LogP contribution is 2.21. The van der Waals surface area contributed by atoms with Gasteiger partial charge < -0.3 is 15.2 Å². The van der Waals surface area contributed by atoms with Crippen molar-refractivity contribution < 1.29 is 0 Å². The number of hydrogen-bond donors (Lipinski definition) is 1. The average Bonchev–Trinajstić information content (AvgIpc) is 2.88. The minimum atomic E-state index is 0.271. The van der Waals surface area contributed by atoms with Gasteiger partial charge in [-0.25, -0.2) is 4.98 Å². The predicted molar refractivity (Wildman–Crippen MR) is 84.2 cm³/mol. The van der Waals surface area contributed by atoms with E-state index in [-0.39, 0.29) is 5.95 Å². The summed E-state index contributed by atoms with van der Waals surface area (Å²) in [5, 5.41) is 0. The lowest BCUT2D eigenvalue weighted by Crippen LogP contribution is -2.13. The molecule has 0 aliphatic heterocycles. The van der Waals surface area contributed by atoms with Gasteiger partial charge in [0.15, 0.2) is 17.0 Å². The van der Waals surface area contributed by atoms with Crippen LogP contribution in [0.5, 0.6) is 0 Å². The Hall–Kier alpha value is -2.63. The monoisotopic (exact) mass is 282 g/mol. The lowest BCUT2D eigenvalue weighted by atomic mass is 10.1. The Morgan fingerprint density at radius 1 is 1.14 bits per heavy atom. The SMILES string of the molecule is CN(C)c1nc(N)nc2c1ncn2CCc1ccccc1. The first-order valence-corrected chi connectivity index (χ1v) is 6.85. The second-order valence-electron chi connectivity index (χ2n) is 5.15. The summed E-state index contributed by atoms with van der Waals surface area (Å²) in [6, 6.07) is 10.4. The Balaban J connectivity index is 1.93. The van der Waals surface area contributed by atoms with Crippen molar-refractivity contribution >= 4 is 22.9 Å². The Labute approximate surface area is 123 Å². The molecule has 6 heteroatoms. The Bertz CT molecular complexity index is 747. The van der Waals surface area contributed by atoms with E-state index in [1.807, 2.05) is 41.8 Å². The van der Waals surface area contributed by atoms with Crippen molar-refractivity contribution in [3.63, 3.8) is 0 Å². The van der Waals surface area contributed by atoms with E-state index >= 15 is 0 Å². The van der Waals surface area contributed by atoms with E-state index in [1.165, 1.54) is 5.56 Å². The third-order valence-electron chi connectivity index (χ3n) is 3.37. The van der Waals surface area contributed by atoms with Crippen LogP contribution in [0.4, 0.5) is 11.8 Å². The highest BCUT2D eigenvalue weighted by atomic mass is 15.2. The van der Waals surface area contributed by atoms with Crippen LogP contribution in [0.1, 0.15) is 5.56 Å². The molecule has 108 valence electrons. The van der Waals surface area contributed by atoms with Gasteiger partial charge in [0.05, 0.1) is 6.33 Å². The first-order valence-electron chi connectivity index (χ1n) is 6.85. The van der Waals surface area contributed by atoms with Crippen molar-refractivity contribution in [3.05, 3.63) is 42.2 Å². The third-order valence-corrected chi connectivity index (χ3v) is 3.37. The fourth-order valence-electron chi connectivity index (χ4n) is 2.32. The highest BCUT2D eigenvalue weighted by Gasteiger charge is 2.13. The van der Waals surface area contributed by atoms with Gasteiger partial charge in [-0.05, 0) is 12.0 Å². The molecule has 0 aliphatic rings. The number of nitrogen functional groups attached to an aromatic ring is 1. The van der Waals surface area contributed by atoms with E-state index in [0.29, 0.717) is 0 Å². The number of imidazole rings is 1. The highest BCUT2D eigenvalue weighted by molar-refractivity contribution is 5.84. The van der Waals surface area contributed by atoms with Crippen LogP contribution in [-0.4, -0.2) is 33.6 Å². The van der Waals surface area contributed by atoms with E-state index in [4.69, 9.17) is 5.73 Å². The maximum atomic E-state index is 5.81. The number of anilines is 2. The van der Waals surface area contributed by atoms with Gasteiger partial charge in [0.25, 0.3) is 0 Å². The number of benzene rings is 1. The van der Waals surface area contributed by atoms with Gasteiger partial charge >= 0.3 is 0 Å². The topological polar surface area (TPSA) is 72.9 Å². The third kappa shape index (κ3) is 2.65. The van der Waals surface area contributed by atoms with E-state index in [1.54, 1.807) is 6.33 Å². The first kappa shape index (κ1) is 13.4. The molecule has 2 heterocycles. The Morgan fingerprint density at radius 2 is 1.90 bits per heavy atom. The molecule has 0 radical (unpaired) electrons. The Morgan fingerprint density at radius 3 is 2.62 bits per heavy atom. The van der Waals surface area contributed by atoms with Crippen LogP contribution in [0, 0.1) is 0 Å². The molecule has 0 bridgehead atoms. The number of fused-ring (bicyclic) bond motifs is 1. The van der Waals surface area contributed by atoms with E-state index in [0.717, 1.165) is 29.9 Å². The molecule has 0 unspecified atom stereocenters. The molecule has 0 spiro atoms. The quantitative estimate of drug-likeness (QED) is 0.788. The fourth-order valence-corrected chi connectivity index (χ4v) is 2.32. The van der Waals surface area contributed by atoms with Gasteiger partial charge in [0.1, 0.15) is 0 Å². The molecule has 0 fully saturated rings. The second kappa shape index (κ2) is 5.40. The zero-order valence-electron chi connectivity index (χ0n) is 12.2. The summed E-state index contributed by atoms with van der Waals surface area (Å²) in [5.41, 5.74) is 8.65. The van der Waals surface area contributed by atoms with Gasteiger partial charge in [0, 0.05) is 20.6 Å². The van der Waals surface area contributed by atoms with E-state index in [9.17, 15) is 0 Å². The van der Waals surface area contributed by atoms with Crippen molar-refractivity contribution in [1.29, 1.82) is 0 Å². The number of nitrogens with two attached hydrogens (primary N) is 1. The summed E-state index contributed by atoms with van der Waals surface area (Å²) in [6.45, 7) is 0.809. The molecular weight excluding hydrogens is 264 g/mol. The zero-order chi connectivity index (χ0) is 14.8. The van der Waals surface area contributed by atoms with Crippen molar-refractivity contribution in [2.75, 3.05) is 24.7 Å². The van der Waals surface area contributed by atoms with E-state index in [2.05, 4.69) is 27.1 Å². The van der Waals surface area contributed by atoms with E-state index < -0.39 is 0 Å². The molecule has 0 saturated carbocycles. The number of aryl methyl sites for hydroxylation is 2. The number of hydrogen-bond acceptors (Lipinski definition) is 5. The molecule has 3 rings (SSSR count). The van der Waals surface area contributed by atoms with Crippen molar-refractivity contribution in [3.8, 4) is 0 Å². The minimum Gasteiger partial charge on any atom is -0.368 e. The molecule has 0 saturated heterocycles. The second-order valence-corrected chi connectivity index (χ2v) is 5.15. The molecule has 2 N–H and O–H groups in total. The largest absolute Gasteiger partial charge is 0.368 e. The summed E-state index contributed by atoms with van der Waals surface area (Å²) >= 11 is 0. The molecule has 2 aromatic heterocycles. The maximum Gasteiger partial charge on any atom is 0.224 e. The van der Waals surface area contributed by atoms with Crippen LogP contribution >= 0.6 is 0 Å². The molecule has 0 atom stereocenters. The summed E-state index contributed by atoms with van der Waals surface area (Å²) < 4.78 is 2.02. The van der Waals surface area contributed by atoms with Gasteiger partial charge in [-0.1, -0.05) is 30.3 Å². The lowest BCUT2D eigenvalue weighted by molar-refractivity contribution is 0.709. The molecule has 6 nitrogen and oxygen atoms in total. The van der Waals surface area contributed by atoms with Crippen LogP contribution in [-0.2, 0) is 13.0 Å². The molecule has 1 aromatic carbocycles. The smallest absolute Gasteiger partial charge is 0.224 e. The molecule has 0 amide bonds. The fraction of sp³-hybridized carbons (Fsp3) is 0.267. The number of nitrogens with zero attached hydrogens (tertiary/aromatic N) is 5. The zero-order valence-corrected chi connectivity index (χ0v) is 12.2. The standard InChI is InChI=1S/C15H18N6/c1-20(2)13-12-14(19-15(16)18-13)21(10-17-12)9-8-11-6-4-3-5-7-11/h3-7,10H,8-9H2,1-2H3,(H2,16,18,19). The summed E-state index contributed by atoms with van der Waals surface area (Å²) in [4.78, 5) is 14.9.